The molecule has 0 spiro atoms. The largest absolute Gasteiger partial charge is 0.453 e. The fourth-order valence-electron chi connectivity index (χ4n) is 22.0. The van der Waals surface area contributed by atoms with Gasteiger partial charge in [-0.05, 0) is 261 Å². The van der Waals surface area contributed by atoms with Gasteiger partial charge in [0, 0.05) is 49.9 Å². The van der Waals surface area contributed by atoms with Crippen LogP contribution in [-0.4, -0.2) is 189 Å². The molecule has 26 nitrogen and oxygen atoms in total. The number of hydrogen-bond acceptors (Lipinski definition) is 16. The van der Waals surface area contributed by atoms with Gasteiger partial charge < -0.3 is 69.8 Å². The van der Waals surface area contributed by atoms with Gasteiger partial charge in [0.15, 0.2) is 0 Å². The Morgan fingerprint density at radius 1 is 0.397 bits per heavy atom. The number of alkyl carbamates (subject to hydrolysis) is 4. The smallest absolute Gasteiger partial charge is 0.407 e. The summed E-state index contributed by atoms with van der Waals surface area (Å²) in [4.78, 5) is 134. The Bertz CT molecular complexity index is 5570. The normalized spacial score (nSPS) is 22.7. The molecular formula is C105H130N14O12. The Balaban J connectivity index is 0.000000130. The molecule has 4 saturated heterocycles. The molecule has 19 rings (SSSR count). The lowest BCUT2D eigenvalue weighted by atomic mass is 9.73. The van der Waals surface area contributed by atoms with Crippen molar-refractivity contribution in [2.45, 2.75) is 252 Å². The molecule has 7 fully saturated rings. The van der Waals surface area contributed by atoms with E-state index in [1.807, 2.05) is 87.4 Å². The summed E-state index contributed by atoms with van der Waals surface area (Å²) in [6.45, 7) is 26.1. The van der Waals surface area contributed by atoms with E-state index in [1.54, 1.807) is 22.3 Å². The number of benzene rings is 6. The van der Waals surface area contributed by atoms with Gasteiger partial charge in [0.05, 0.1) is 87.8 Å². The van der Waals surface area contributed by atoms with Crippen molar-refractivity contribution in [3.8, 4) is 44.8 Å². The van der Waals surface area contributed by atoms with Crippen LogP contribution in [0.3, 0.4) is 0 Å². The zero-order chi connectivity index (χ0) is 92.7. The van der Waals surface area contributed by atoms with Crippen LogP contribution in [0.5, 0.6) is 0 Å². The molecule has 131 heavy (non-hydrogen) atoms. The zero-order valence-electron chi connectivity index (χ0n) is 78.9. The number of fused-ring (bicyclic) bond motifs is 9. The second-order valence-corrected chi connectivity index (χ2v) is 39.3. The van der Waals surface area contributed by atoms with Crippen LogP contribution in [0.2, 0.25) is 0 Å². The third-order valence-corrected chi connectivity index (χ3v) is 29.6. The highest BCUT2D eigenvalue weighted by Gasteiger charge is 2.57. The summed E-state index contributed by atoms with van der Waals surface area (Å²) in [7, 11) is 5.25. The summed E-state index contributed by atoms with van der Waals surface area (Å²) in [5.41, 5.74) is 27.6. The highest BCUT2D eigenvalue weighted by Crippen LogP contribution is 2.57. The van der Waals surface area contributed by atoms with Crippen LogP contribution in [0.25, 0.3) is 44.8 Å². The Hall–Kier alpha value is -12.0. The Morgan fingerprint density at radius 2 is 0.756 bits per heavy atom. The van der Waals surface area contributed by atoms with Crippen molar-refractivity contribution in [3.63, 3.8) is 0 Å². The minimum atomic E-state index is -0.640. The number of rotatable bonds is 20. The third kappa shape index (κ3) is 19.2. The molecule has 692 valence electrons. The number of carbonyl (C=O) groups excluding carboxylic acids is 8. The van der Waals surface area contributed by atoms with Crippen LogP contribution in [0.1, 0.15) is 224 Å². The number of H-pyrrole nitrogens is 2. The summed E-state index contributed by atoms with van der Waals surface area (Å²) in [6, 6.07) is 36.9. The van der Waals surface area contributed by atoms with Gasteiger partial charge in [0.25, 0.3) is 0 Å². The van der Waals surface area contributed by atoms with Gasteiger partial charge in [-0.1, -0.05) is 164 Å². The van der Waals surface area contributed by atoms with Gasteiger partial charge in [-0.3, -0.25) is 29.2 Å². The van der Waals surface area contributed by atoms with Crippen molar-refractivity contribution in [1.82, 2.24) is 60.8 Å². The summed E-state index contributed by atoms with van der Waals surface area (Å²) in [6.07, 6.45) is 18.2. The molecule has 2 aromatic heterocycles. The molecule has 11 aliphatic rings. The molecule has 0 bridgehead atoms. The Kier molecular flexibility index (Phi) is 27.6. The number of nitrogens with one attached hydrogen (secondary N) is 6. The fourth-order valence-corrected chi connectivity index (χ4v) is 22.0. The number of aliphatic imine (C=N–C) groups is 2. The number of ether oxygens (including phenoxy) is 4. The molecule has 0 radical (unpaired) electrons. The molecule has 6 N–H and O–H groups in total. The lowest BCUT2D eigenvalue weighted by Gasteiger charge is -2.32. The number of piperidine rings is 1. The van der Waals surface area contributed by atoms with Crippen LogP contribution in [0, 0.1) is 69.1 Å². The predicted molar refractivity (Wildman–Crippen MR) is 507 cm³/mol. The summed E-state index contributed by atoms with van der Waals surface area (Å²) in [5, 5.41) is 10.8. The molecule has 5 aliphatic carbocycles. The minimum absolute atomic E-state index is 0.0101. The molecular weight excluding hydrogens is 1650 g/mol. The maximum atomic E-state index is 13.7. The second kappa shape index (κ2) is 39.2. The maximum absolute atomic E-state index is 13.7. The molecule has 14 unspecified atom stereocenters. The van der Waals surface area contributed by atoms with Gasteiger partial charge in [0.1, 0.15) is 35.8 Å². The molecule has 14 atom stereocenters. The predicted octanol–water partition coefficient (Wildman–Crippen LogP) is 18.3. The Morgan fingerprint density at radius 3 is 1.12 bits per heavy atom. The number of carbonyl (C=O) groups is 8. The van der Waals surface area contributed by atoms with Gasteiger partial charge in [0.2, 0.25) is 23.6 Å². The van der Waals surface area contributed by atoms with E-state index in [2.05, 4.69) is 178 Å². The van der Waals surface area contributed by atoms with Crippen LogP contribution >= 0.6 is 0 Å². The van der Waals surface area contributed by atoms with E-state index >= 15 is 0 Å². The van der Waals surface area contributed by atoms with E-state index in [0.717, 1.165) is 145 Å². The number of amides is 8. The molecule has 8 amide bonds. The molecule has 6 aliphatic heterocycles. The monoisotopic (exact) mass is 1780 g/mol. The minimum Gasteiger partial charge on any atom is -0.453 e. The van der Waals surface area contributed by atoms with E-state index in [4.69, 9.17) is 29.4 Å². The van der Waals surface area contributed by atoms with Crippen molar-refractivity contribution in [2.24, 2.45) is 51.4 Å². The van der Waals surface area contributed by atoms with Crippen molar-refractivity contribution >= 4 is 70.8 Å². The third-order valence-electron chi connectivity index (χ3n) is 29.6. The number of methoxy groups -OCH3 is 4. The first kappa shape index (κ1) is 92.3. The van der Waals surface area contributed by atoms with E-state index in [9.17, 15) is 38.4 Å². The number of aromatic amines is 2. The van der Waals surface area contributed by atoms with E-state index in [1.165, 1.54) is 123 Å². The molecule has 6 aromatic carbocycles. The van der Waals surface area contributed by atoms with Crippen molar-refractivity contribution in [3.05, 3.63) is 189 Å². The van der Waals surface area contributed by atoms with E-state index in [-0.39, 0.29) is 77.5 Å². The summed E-state index contributed by atoms with van der Waals surface area (Å²) < 4.78 is 18.9. The van der Waals surface area contributed by atoms with Crippen molar-refractivity contribution < 1.29 is 57.3 Å². The first-order chi connectivity index (χ1) is 63.0. The average Bonchev–Trinajstić information content (AvgIpc) is 1.55. The van der Waals surface area contributed by atoms with Crippen molar-refractivity contribution in [1.29, 1.82) is 0 Å². The first-order valence-electron chi connectivity index (χ1n) is 47.5. The van der Waals surface area contributed by atoms with Gasteiger partial charge in [-0.15, -0.1) is 0 Å². The quantitative estimate of drug-likeness (QED) is 0.0387. The average molecular weight is 1780 g/mol. The highest BCUT2D eigenvalue weighted by molar-refractivity contribution is 6.02. The standard InChI is InChI=1S/C33H38N4O3.C32H38N4O3.2C20H27N3O3/c1-17(2)30(36-33(39)40-4)32(38)37-27-14-22(27)15-28(37)31-34-16-26(35-31)20-8-6-19(7-9-20)23-11-5-18(3)25-13-21-10-12-24(21)29(23)25;1-18(2)29(35-32(38)39-4)31(37)36-15-5-6-27(36)30-33-17-26(34-30)21-10-8-20(9-11-21)23-13-7-19(3)25-16-22-12-14-24(22)28(23)25;2*1-12(2)18(22-20(25)26-4)19(24)23-9-5-6-17(23)16-11-14-10-13(3)7-8-15(14)21-16/h5-9,11,16-17,21-22,24,27-28,30H,10,12-15H2,1-4H3,(H,34,35)(H,36,39);7-11,13,17-18,22,24,27,29H,5-6,12,14-16H2,1-4H3,(H,33,34)(H,35,38);2*7-8,10,12,17-18H,5-6,9,11H2,1-4H3,(H,22,25). The number of likely N-dealkylation sites (tertiary alicyclic amines) is 4. The van der Waals surface area contributed by atoms with E-state index < -0.39 is 48.5 Å². The van der Waals surface area contributed by atoms with Crippen molar-refractivity contribution in [2.75, 3.05) is 48.1 Å². The SMILES string of the molecule is COC(=O)NC(C(=O)N1C(c2ncc(-c3ccc(-c4ccc(C)c5c4C4CCC4C5)cc3)[nH]2)CC2CC21)C(C)C.COC(=O)NC(C(=O)N1CCCC1C1=Nc2ccc(C)cc2C1)C(C)C.COC(=O)NC(C(=O)N1CCCC1C1=Nc2ccc(C)cc2C1)C(C)C.COC(=O)NC(C(=O)N1CCCC1c1ncc(-c2ccc(-c3ccc(C)c4c3C3CCC3C4)cc2)[nH]1)C(C)C. The molecule has 8 aromatic rings. The number of nitrogens with zero attached hydrogens (tertiary/aromatic N) is 8. The van der Waals surface area contributed by atoms with Crippen LogP contribution in [0.4, 0.5) is 30.6 Å². The lowest BCUT2D eigenvalue weighted by molar-refractivity contribution is -0.137. The number of imidazole rings is 2. The summed E-state index contributed by atoms with van der Waals surface area (Å²) >= 11 is 0. The highest BCUT2D eigenvalue weighted by atomic mass is 16.5. The van der Waals surface area contributed by atoms with Gasteiger partial charge in [-0.25, -0.2) is 29.1 Å². The Labute approximate surface area is 769 Å². The fraction of sp³-hybridized carbons (Fsp3) is 0.505. The van der Waals surface area contributed by atoms with Gasteiger partial charge in [-0.2, -0.15) is 0 Å². The van der Waals surface area contributed by atoms with E-state index in [0.29, 0.717) is 25.6 Å². The van der Waals surface area contributed by atoms with Gasteiger partial charge >= 0.3 is 24.4 Å². The molecule has 8 heterocycles. The maximum Gasteiger partial charge on any atom is 0.407 e. The number of aromatic nitrogens is 4. The van der Waals surface area contributed by atoms with Crippen LogP contribution in [-0.2, 0) is 63.8 Å². The second-order valence-electron chi connectivity index (χ2n) is 39.3. The summed E-state index contributed by atoms with van der Waals surface area (Å²) in [5.74, 6) is 4.84. The number of aryl methyl sites for hydroxylation is 4. The molecule has 3 saturated carbocycles. The molecule has 26 heteroatoms. The topological polar surface area (TPSA) is 317 Å². The number of hydrogen-bond donors (Lipinski definition) is 6. The first-order valence-corrected chi connectivity index (χ1v) is 47.5. The van der Waals surface area contributed by atoms with Crippen LogP contribution < -0.4 is 21.3 Å². The zero-order valence-corrected chi connectivity index (χ0v) is 78.9. The lowest BCUT2D eigenvalue weighted by Crippen LogP contribution is -2.53. The van der Waals surface area contributed by atoms with Crippen LogP contribution in [0.15, 0.2) is 132 Å².